The van der Waals surface area contributed by atoms with E-state index in [1.807, 2.05) is 0 Å². The summed E-state index contributed by atoms with van der Waals surface area (Å²) in [5.74, 6) is 0. The van der Waals surface area contributed by atoms with Crippen molar-refractivity contribution in [2.24, 2.45) is 0 Å². The Morgan fingerprint density at radius 2 is 0.941 bits per heavy atom. The van der Waals surface area contributed by atoms with E-state index in [9.17, 15) is 43.9 Å². The van der Waals surface area contributed by atoms with Gasteiger partial charge in [0.15, 0.2) is 0 Å². The highest BCUT2D eigenvalue weighted by atomic mass is 19.4. The molecule has 0 N–H and O–H groups in total. The van der Waals surface area contributed by atoms with Crippen molar-refractivity contribution in [1.82, 2.24) is 0 Å². The first-order chi connectivity index (χ1) is 7.21. The summed E-state index contributed by atoms with van der Waals surface area (Å²) in [7, 11) is 0. The van der Waals surface area contributed by atoms with E-state index in [2.05, 4.69) is 4.74 Å². The maximum absolute atomic E-state index is 12.6. The Hall–Kier alpha value is -0.740. The zero-order valence-corrected chi connectivity index (χ0v) is 7.60. The molecule has 11 heteroatoms. The maximum atomic E-state index is 12.6. The Kier molecular flexibility index (Phi) is 4.30. The summed E-state index contributed by atoms with van der Waals surface area (Å²) in [5, 5.41) is 0. The molecule has 104 valence electrons. The SMILES string of the molecule is FC(F)(F)COCC(F)(C(F)(F)F)C(F)(F)F. The van der Waals surface area contributed by atoms with Crippen LogP contribution in [0.25, 0.3) is 0 Å². The fourth-order valence-corrected chi connectivity index (χ4v) is 0.632. The van der Waals surface area contributed by atoms with Gasteiger partial charge in [0, 0.05) is 0 Å². The van der Waals surface area contributed by atoms with E-state index in [4.69, 9.17) is 0 Å². The molecule has 17 heavy (non-hydrogen) atoms. The van der Waals surface area contributed by atoms with E-state index < -0.39 is 37.4 Å². The minimum Gasteiger partial charge on any atom is -0.368 e. The van der Waals surface area contributed by atoms with Crippen LogP contribution in [0.3, 0.4) is 0 Å². The van der Waals surface area contributed by atoms with Crippen LogP contribution in [-0.2, 0) is 4.74 Å². The predicted molar refractivity (Wildman–Crippen MR) is 32.8 cm³/mol. The van der Waals surface area contributed by atoms with E-state index in [0.717, 1.165) is 0 Å². The van der Waals surface area contributed by atoms with Crippen molar-refractivity contribution in [1.29, 1.82) is 0 Å². The second kappa shape index (κ2) is 4.50. The van der Waals surface area contributed by atoms with Crippen molar-refractivity contribution in [3.8, 4) is 0 Å². The Bertz CT molecular complexity index is 233. The number of alkyl halides is 10. The normalized spacial score (nSPS) is 15.2. The summed E-state index contributed by atoms with van der Waals surface area (Å²) >= 11 is 0. The highest BCUT2D eigenvalue weighted by Crippen LogP contribution is 2.46. The Morgan fingerprint density at radius 3 is 1.18 bits per heavy atom. The molecule has 0 amide bonds. The second-order valence-corrected chi connectivity index (χ2v) is 2.90. The number of rotatable bonds is 3. The molecule has 0 aromatic carbocycles. The molecule has 1 nitrogen and oxygen atoms in total. The lowest BCUT2D eigenvalue weighted by Gasteiger charge is -2.29. The van der Waals surface area contributed by atoms with E-state index in [1.165, 1.54) is 0 Å². The lowest BCUT2D eigenvalue weighted by Crippen LogP contribution is -2.56. The molecule has 0 rings (SSSR count). The highest BCUT2D eigenvalue weighted by Gasteiger charge is 2.72. The molecule has 0 unspecified atom stereocenters. The van der Waals surface area contributed by atoms with E-state index in [1.54, 1.807) is 0 Å². The van der Waals surface area contributed by atoms with Gasteiger partial charge in [0.25, 0.3) is 0 Å². The molecule has 0 fully saturated rings. The van der Waals surface area contributed by atoms with Crippen LogP contribution in [0.1, 0.15) is 0 Å². The van der Waals surface area contributed by atoms with Crippen molar-refractivity contribution in [2.45, 2.75) is 24.2 Å². The smallest absolute Gasteiger partial charge is 0.368 e. The molecule has 0 saturated heterocycles. The van der Waals surface area contributed by atoms with Crippen LogP contribution in [0.2, 0.25) is 0 Å². The molecular weight excluding hydrogens is 278 g/mol. The van der Waals surface area contributed by atoms with Gasteiger partial charge in [-0.25, -0.2) is 4.39 Å². The zero-order chi connectivity index (χ0) is 14.1. The first kappa shape index (κ1) is 16.3. The molecule has 0 radical (unpaired) electrons. The number of halogens is 10. The lowest BCUT2D eigenvalue weighted by atomic mass is 10.1. The van der Waals surface area contributed by atoms with Gasteiger partial charge in [-0.3, -0.25) is 0 Å². The fourth-order valence-electron chi connectivity index (χ4n) is 0.632. The fraction of sp³-hybridized carbons (Fsp3) is 1.00. The number of ether oxygens (including phenoxy) is 1. The minimum atomic E-state index is -6.42. The zero-order valence-electron chi connectivity index (χ0n) is 7.60. The van der Waals surface area contributed by atoms with Crippen molar-refractivity contribution in [3.63, 3.8) is 0 Å². The summed E-state index contributed by atoms with van der Waals surface area (Å²) < 4.78 is 121. The van der Waals surface area contributed by atoms with Crippen LogP contribution >= 0.6 is 0 Å². The lowest BCUT2D eigenvalue weighted by molar-refractivity contribution is -0.355. The third-order valence-corrected chi connectivity index (χ3v) is 1.47. The van der Waals surface area contributed by atoms with Gasteiger partial charge in [-0.05, 0) is 0 Å². The van der Waals surface area contributed by atoms with E-state index >= 15 is 0 Å². The van der Waals surface area contributed by atoms with Crippen molar-refractivity contribution >= 4 is 0 Å². The van der Waals surface area contributed by atoms with Crippen LogP contribution in [0.5, 0.6) is 0 Å². The van der Waals surface area contributed by atoms with Gasteiger partial charge in [-0.2, -0.15) is 39.5 Å². The molecule has 0 spiro atoms. The van der Waals surface area contributed by atoms with Gasteiger partial charge >= 0.3 is 24.2 Å². The van der Waals surface area contributed by atoms with Gasteiger partial charge in [0.2, 0.25) is 0 Å². The standard InChI is InChI=1S/C6H4F10O/c7-3(5(11,12)13,6(14,15)16)1-17-2-4(8,9)10/h1-2H2. The third kappa shape index (κ3) is 4.21. The van der Waals surface area contributed by atoms with Gasteiger partial charge < -0.3 is 4.74 Å². The van der Waals surface area contributed by atoms with Crippen LogP contribution in [-0.4, -0.2) is 37.4 Å². The van der Waals surface area contributed by atoms with E-state index in [-0.39, 0.29) is 0 Å². The average Bonchev–Trinajstić information content (AvgIpc) is 1.96. The van der Waals surface area contributed by atoms with Crippen molar-refractivity contribution in [2.75, 3.05) is 13.2 Å². The van der Waals surface area contributed by atoms with Gasteiger partial charge in [0.05, 0.1) is 6.61 Å². The van der Waals surface area contributed by atoms with Crippen molar-refractivity contribution < 1.29 is 48.6 Å². The van der Waals surface area contributed by atoms with Gasteiger partial charge in [0.1, 0.15) is 6.61 Å². The van der Waals surface area contributed by atoms with E-state index in [0.29, 0.717) is 0 Å². The van der Waals surface area contributed by atoms with Gasteiger partial charge in [-0.15, -0.1) is 0 Å². The minimum absolute atomic E-state index is 2.41. The second-order valence-electron chi connectivity index (χ2n) is 2.90. The molecule has 0 aliphatic carbocycles. The molecule has 0 heterocycles. The van der Waals surface area contributed by atoms with Crippen LogP contribution in [0.15, 0.2) is 0 Å². The van der Waals surface area contributed by atoms with Crippen LogP contribution in [0.4, 0.5) is 43.9 Å². The molecule has 0 atom stereocenters. The Morgan fingerprint density at radius 1 is 0.588 bits per heavy atom. The van der Waals surface area contributed by atoms with Crippen LogP contribution < -0.4 is 0 Å². The summed E-state index contributed by atoms with van der Waals surface area (Å²) in [6.45, 7) is -5.22. The molecule has 0 saturated carbocycles. The molecular formula is C6H4F10O. The average molecular weight is 282 g/mol. The maximum Gasteiger partial charge on any atom is 0.433 e. The molecule has 0 bridgehead atoms. The Balaban J connectivity index is 4.77. The number of hydrogen-bond donors (Lipinski definition) is 0. The quantitative estimate of drug-likeness (QED) is 0.721. The van der Waals surface area contributed by atoms with Crippen molar-refractivity contribution in [3.05, 3.63) is 0 Å². The molecule has 0 aliphatic heterocycles. The summed E-state index contributed by atoms with van der Waals surface area (Å²) in [6, 6.07) is 0. The molecule has 0 aromatic heterocycles. The first-order valence-electron chi connectivity index (χ1n) is 3.67. The molecule has 0 aromatic rings. The topological polar surface area (TPSA) is 9.23 Å². The monoisotopic (exact) mass is 282 g/mol. The summed E-state index contributed by atoms with van der Waals surface area (Å²) in [4.78, 5) is 0. The predicted octanol–water partition coefficient (Wildman–Crippen LogP) is 3.40. The summed E-state index contributed by atoms with van der Waals surface area (Å²) in [6.07, 6.45) is -18.0. The first-order valence-corrected chi connectivity index (χ1v) is 3.67. The van der Waals surface area contributed by atoms with Gasteiger partial charge in [-0.1, -0.05) is 0 Å². The highest BCUT2D eigenvalue weighted by molar-refractivity contribution is 4.94. The number of hydrogen-bond acceptors (Lipinski definition) is 1. The summed E-state index contributed by atoms with van der Waals surface area (Å²) in [5.41, 5.74) is -5.83. The largest absolute Gasteiger partial charge is 0.433 e. The van der Waals surface area contributed by atoms with Crippen LogP contribution in [0, 0.1) is 0 Å². The Labute approximate surface area is 87.3 Å². The third-order valence-electron chi connectivity index (χ3n) is 1.47. The molecule has 0 aliphatic rings.